The van der Waals surface area contributed by atoms with Gasteiger partial charge in [-0.15, -0.1) is 0 Å². The first kappa shape index (κ1) is 33.5. The summed E-state index contributed by atoms with van der Waals surface area (Å²) in [5.41, 5.74) is 4.21. The number of nitrogens with zero attached hydrogens (tertiary/aromatic N) is 2. The van der Waals surface area contributed by atoms with E-state index in [-0.39, 0.29) is 17.2 Å². The topological polar surface area (TPSA) is 92.9 Å². The van der Waals surface area contributed by atoms with Gasteiger partial charge in [0.1, 0.15) is 17.9 Å². The van der Waals surface area contributed by atoms with Gasteiger partial charge in [-0.1, -0.05) is 27.7 Å². The Kier molecular flexibility index (Phi) is 23.5. The third-order valence-corrected chi connectivity index (χ3v) is 4.11. The van der Waals surface area contributed by atoms with E-state index in [9.17, 15) is 14.4 Å². The number of aldehydes is 1. The van der Waals surface area contributed by atoms with E-state index in [1.165, 1.54) is 7.05 Å². The van der Waals surface area contributed by atoms with Gasteiger partial charge in [0.25, 0.3) is 0 Å². The normalized spacial score (nSPS) is 14.4. The second kappa shape index (κ2) is 21.1. The second-order valence-electron chi connectivity index (χ2n) is 8.11. The van der Waals surface area contributed by atoms with Crippen LogP contribution in [0.15, 0.2) is 0 Å². The monoisotopic (exact) mass is 431 g/mol. The number of Topliss-reactive ketones (excluding diaryl/α,β-unsaturated/α-hetero) is 2. The highest BCUT2D eigenvalue weighted by Crippen LogP contribution is 2.16. The van der Waals surface area contributed by atoms with Gasteiger partial charge in [0.05, 0.1) is 18.7 Å². The molecule has 1 aliphatic heterocycles. The van der Waals surface area contributed by atoms with Crippen LogP contribution < -0.4 is 5.73 Å². The van der Waals surface area contributed by atoms with Gasteiger partial charge in [0, 0.05) is 39.2 Å². The molecule has 1 aliphatic rings. The summed E-state index contributed by atoms with van der Waals surface area (Å²) in [5, 5.41) is 0. The van der Waals surface area contributed by atoms with Crippen molar-refractivity contribution in [2.75, 3.05) is 52.9 Å². The molecule has 180 valence electrons. The van der Waals surface area contributed by atoms with Gasteiger partial charge < -0.3 is 15.3 Å². The number of carbonyl (C=O) groups excluding carboxylic acids is 3. The molecule has 0 aromatic rings. The highest BCUT2D eigenvalue weighted by molar-refractivity contribution is 5.77. The lowest BCUT2D eigenvalue weighted by Gasteiger charge is -2.32. The van der Waals surface area contributed by atoms with E-state index in [2.05, 4.69) is 29.4 Å². The number of hydrogen-bond donors (Lipinski definition) is 1. The molecule has 0 bridgehead atoms. The first-order valence-electron chi connectivity index (χ1n) is 11.1. The number of ketones is 2. The van der Waals surface area contributed by atoms with Crippen molar-refractivity contribution in [1.82, 2.24) is 9.80 Å². The molecule has 0 saturated carbocycles. The van der Waals surface area contributed by atoms with Gasteiger partial charge in [0.15, 0.2) is 0 Å². The molecule has 1 fully saturated rings. The fraction of sp³-hybridized carbons (Fsp3) is 0.870. The molecule has 0 spiro atoms. The minimum atomic E-state index is -0.291. The quantitative estimate of drug-likeness (QED) is 0.532. The molecular weight excluding hydrogens is 382 g/mol. The molecule has 1 rings (SSSR count). The van der Waals surface area contributed by atoms with Gasteiger partial charge in [0.2, 0.25) is 0 Å². The number of hydrogen-bond acceptors (Lipinski definition) is 7. The van der Waals surface area contributed by atoms with Crippen molar-refractivity contribution in [3.8, 4) is 0 Å². The van der Waals surface area contributed by atoms with Crippen LogP contribution in [0.2, 0.25) is 0 Å². The van der Waals surface area contributed by atoms with E-state index in [1.807, 2.05) is 27.7 Å². The van der Waals surface area contributed by atoms with Crippen LogP contribution in [-0.2, 0) is 19.1 Å². The minimum absolute atomic E-state index is 0.189. The molecule has 0 aromatic carbocycles. The van der Waals surface area contributed by atoms with E-state index >= 15 is 0 Å². The predicted molar refractivity (Wildman–Crippen MR) is 126 cm³/mol. The van der Waals surface area contributed by atoms with E-state index < -0.39 is 0 Å². The largest absolute Gasteiger partial charge is 0.375 e. The van der Waals surface area contributed by atoms with Gasteiger partial charge in [-0.3, -0.25) is 19.4 Å². The molecule has 1 heterocycles. The van der Waals surface area contributed by atoms with Gasteiger partial charge in [-0.25, -0.2) is 0 Å². The van der Waals surface area contributed by atoms with Crippen molar-refractivity contribution >= 4 is 17.9 Å². The lowest BCUT2D eigenvalue weighted by atomic mass is 10.0. The molecule has 0 aliphatic carbocycles. The maximum atomic E-state index is 10.9. The number of piperazine rings is 1. The summed E-state index contributed by atoms with van der Waals surface area (Å²) in [5.74, 6) is 1.06. The molecule has 7 heteroatoms. The third-order valence-electron chi connectivity index (χ3n) is 4.11. The van der Waals surface area contributed by atoms with E-state index in [4.69, 9.17) is 4.74 Å². The fourth-order valence-electron chi connectivity index (χ4n) is 2.77. The third kappa shape index (κ3) is 23.1. The SMILES string of the molecule is CC.CC(=O)CC(C)(C)OCCC(C)C.CC(=O)CN1CCN(CC=O)CC1.CN. The van der Waals surface area contributed by atoms with Crippen LogP contribution >= 0.6 is 0 Å². The Hall–Kier alpha value is -1.15. The van der Waals surface area contributed by atoms with Crippen LogP contribution in [0.25, 0.3) is 0 Å². The smallest absolute Gasteiger partial charge is 0.143 e. The summed E-state index contributed by atoms with van der Waals surface area (Å²) in [7, 11) is 1.50. The van der Waals surface area contributed by atoms with E-state index in [1.54, 1.807) is 13.8 Å². The Morgan fingerprint density at radius 1 is 1.00 bits per heavy atom. The van der Waals surface area contributed by atoms with Crippen LogP contribution in [0, 0.1) is 5.92 Å². The van der Waals surface area contributed by atoms with Gasteiger partial charge in [-0.05, 0) is 47.1 Å². The Bertz CT molecular complexity index is 432. The summed E-state index contributed by atoms with van der Waals surface area (Å²) in [4.78, 5) is 36.1. The molecule has 0 amide bonds. The standard InChI is InChI=1S/C11H22O2.C9H16N2O2.C2H6.CH5N/c1-9(2)6-7-13-11(4,5)8-10(3)12;1-9(13)8-11-4-2-10(3-5-11)6-7-12;2*1-2/h9H,6-8H2,1-5H3;7H,2-6,8H2,1H3;1-2H3;2H2,1H3. The predicted octanol–water partition coefficient (Wildman–Crippen LogP) is 2.80. The lowest BCUT2D eigenvalue weighted by molar-refractivity contribution is -0.123. The van der Waals surface area contributed by atoms with Crippen LogP contribution in [-0.4, -0.2) is 86.2 Å². The molecule has 0 aromatic heterocycles. The van der Waals surface area contributed by atoms with Crippen LogP contribution in [0.5, 0.6) is 0 Å². The highest BCUT2D eigenvalue weighted by Gasteiger charge is 2.20. The average molecular weight is 432 g/mol. The van der Waals surface area contributed by atoms with Gasteiger partial charge in [-0.2, -0.15) is 0 Å². The summed E-state index contributed by atoms with van der Waals surface area (Å²) in [6.45, 7) is 20.9. The van der Waals surface area contributed by atoms with Crippen molar-refractivity contribution in [2.45, 2.75) is 73.8 Å². The molecule has 0 atom stereocenters. The van der Waals surface area contributed by atoms with E-state index in [0.717, 1.165) is 45.5 Å². The Labute approximate surface area is 185 Å². The Balaban J connectivity index is -0.000000416. The number of carbonyl (C=O) groups is 3. The number of rotatable bonds is 10. The zero-order valence-corrected chi connectivity index (χ0v) is 21.1. The first-order chi connectivity index (χ1) is 14.1. The average Bonchev–Trinajstić information content (AvgIpc) is 2.65. The number of ether oxygens (including phenoxy) is 1. The van der Waals surface area contributed by atoms with Crippen molar-refractivity contribution in [2.24, 2.45) is 11.7 Å². The van der Waals surface area contributed by atoms with Gasteiger partial charge >= 0.3 is 0 Å². The zero-order valence-electron chi connectivity index (χ0n) is 21.1. The van der Waals surface area contributed by atoms with Crippen LogP contribution in [0.4, 0.5) is 0 Å². The van der Waals surface area contributed by atoms with Crippen molar-refractivity contribution in [1.29, 1.82) is 0 Å². The zero-order chi connectivity index (χ0) is 24.2. The molecule has 0 unspecified atom stereocenters. The van der Waals surface area contributed by atoms with Crippen molar-refractivity contribution in [3.63, 3.8) is 0 Å². The Morgan fingerprint density at radius 2 is 1.47 bits per heavy atom. The highest BCUT2D eigenvalue weighted by atomic mass is 16.5. The molecule has 1 saturated heterocycles. The molecule has 7 nitrogen and oxygen atoms in total. The molecule has 2 N–H and O–H groups in total. The summed E-state index contributed by atoms with van der Waals surface area (Å²) in [6.07, 6.45) is 2.49. The maximum absolute atomic E-state index is 10.9. The molecule has 30 heavy (non-hydrogen) atoms. The van der Waals surface area contributed by atoms with Crippen LogP contribution in [0.1, 0.15) is 68.2 Å². The Morgan fingerprint density at radius 3 is 1.83 bits per heavy atom. The van der Waals surface area contributed by atoms with Crippen molar-refractivity contribution < 1.29 is 19.1 Å². The maximum Gasteiger partial charge on any atom is 0.143 e. The van der Waals surface area contributed by atoms with Crippen molar-refractivity contribution in [3.05, 3.63) is 0 Å². The fourth-order valence-corrected chi connectivity index (χ4v) is 2.77. The first-order valence-corrected chi connectivity index (χ1v) is 11.1. The molecular formula is C23H49N3O4. The van der Waals surface area contributed by atoms with E-state index in [0.29, 0.717) is 25.4 Å². The lowest BCUT2D eigenvalue weighted by Crippen LogP contribution is -2.48. The number of nitrogens with two attached hydrogens (primary N) is 1. The summed E-state index contributed by atoms with van der Waals surface area (Å²) >= 11 is 0. The summed E-state index contributed by atoms with van der Waals surface area (Å²) < 4.78 is 5.63. The minimum Gasteiger partial charge on any atom is -0.375 e. The van der Waals surface area contributed by atoms with Crippen LogP contribution in [0.3, 0.4) is 0 Å². The second-order valence-corrected chi connectivity index (χ2v) is 8.11. The molecule has 0 radical (unpaired) electrons. The summed E-state index contributed by atoms with van der Waals surface area (Å²) in [6, 6.07) is 0.